The second kappa shape index (κ2) is 6.74. The average molecular weight is 252 g/mol. The van der Waals surface area contributed by atoms with Crippen molar-refractivity contribution in [1.29, 1.82) is 0 Å². The van der Waals surface area contributed by atoms with Gasteiger partial charge in [-0.05, 0) is 25.0 Å². The van der Waals surface area contributed by atoms with Gasteiger partial charge in [-0.2, -0.15) is 5.10 Å². The molecular weight excluding hydrogens is 232 g/mol. The van der Waals surface area contributed by atoms with E-state index in [1.54, 1.807) is 0 Å². The standard InChI is InChI=1S/C17H20N2/c1-3-19(14-16-10-6-4-7-11-16)18-15(2)17-12-8-5-9-13-17/h4-13H,3,14H2,1-2H3/b18-15+. The molecule has 2 rings (SSSR count). The Balaban J connectivity index is 2.10. The maximum Gasteiger partial charge on any atom is 0.0646 e. The van der Waals surface area contributed by atoms with Gasteiger partial charge in [-0.1, -0.05) is 60.7 Å². The van der Waals surface area contributed by atoms with Crippen LogP contribution in [0.1, 0.15) is 25.0 Å². The lowest BCUT2D eigenvalue weighted by atomic mass is 10.1. The van der Waals surface area contributed by atoms with Gasteiger partial charge in [0.05, 0.1) is 12.3 Å². The topological polar surface area (TPSA) is 15.6 Å². The molecule has 0 aliphatic heterocycles. The zero-order valence-electron chi connectivity index (χ0n) is 11.6. The second-order valence-electron chi connectivity index (χ2n) is 4.52. The summed E-state index contributed by atoms with van der Waals surface area (Å²) >= 11 is 0. The molecule has 0 amide bonds. The minimum atomic E-state index is 0.849. The van der Waals surface area contributed by atoms with Crippen LogP contribution in [0.2, 0.25) is 0 Å². The van der Waals surface area contributed by atoms with Crippen molar-refractivity contribution >= 4 is 5.71 Å². The SMILES string of the molecule is CCN(Cc1ccccc1)/N=C(\C)c1ccccc1. The maximum absolute atomic E-state index is 4.71. The molecule has 0 saturated heterocycles. The predicted octanol–water partition coefficient (Wildman–Crippen LogP) is 3.93. The lowest BCUT2D eigenvalue weighted by Gasteiger charge is -2.18. The summed E-state index contributed by atoms with van der Waals surface area (Å²) in [6, 6.07) is 20.7. The normalized spacial score (nSPS) is 11.4. The highest BCUT2D eigenvalue weighted by Gasteiger charge is 2.02. The van der Waals surface area contributed by atoms with E-state index in [0.29, 0.717) is 0 Å². The van der Waals surface area contributed by atoms with E-state index >= 15 is 0 Å². The van der Waals surface area contributed by atoms with Gasteiger partial charge >= 0.3 is 0 Å². The van der Waals surface area contributed by atoms with Gasteiger partial charge in [0.15, 0.2) is 0 Å². The molecule has 0 bridgehead atoms. The van der Waals surface area contributed by atoms with Gasteiger partial charge in [0.1, 0.15) is 0 Å². The van der Waals surface area contributed by atoms with Gasteiger partial charge in [-0.3, -0.25) is 5.01 Å². The van der Waals surface area contributed by atoms with Gasteiger partial charge in [-0.25, -0.2) is 0 Å². The predicted molar refractivity (Wildman–Crippen MR) is 81.2 cm³/mol. The van der Waals surface area contributed by atoms with Crippen molar-refractivity contribution in [1.82, 2.24) is 5.01 Å². The van der Waals surface area contributed by atoms with Crippen LogP contribution in [-0.4, -0.2) is 17.3 Å². The van der Waals surface area contributed by atoms with E-state index < -0.39 is 0 Å². The maximum atomic E-state index is 4.71. The van der Waals surface area contributed by atoms with Crippen molar-refractivity contribution < 1.29 is 0 Å². The fourth-order valence-electron chi connectivity index (χ4n) is 1.96. The first kappa shape index (κ1) is 13.3. The number of benzene rings is 2. The number of hydrogen-bond donors (Lipinski definition) is 0. The zero-order valence-corrected chi connectivity index (χ0v) is 11.6. The minimum absolute atomic E-state index is 0.849. The Labute approximate surface area is 115 Å². The molecule has 0 aliphatic rings. The number of hydrazone groups is 1. The molecule has 0 fully saturated rings. The highest BCUT2D eigenvalue weighted by Crippen LogP contribution is 2.07. The molecule has 0 spiro atoms. The van der Waals surface area contributed by atoms with E-state index in [9.17, 15) is 0 Å². The van der Waals surface area contributed by atoms with Gasteiger partial charge in [0.2, 0.25) is 0 Å². The van der Waals surface area contributed by atoms with Crippen molar-refractivity contribution in [2.24, 2.45) is 5.10 Å². The van der Waals surface area contributed by atoms with Crippen LogP contribution in [0.25, 0.3) is 0 Å². The zero-order chi connectivity index (χ0) is 13.5. The molecular formula is C17H20N2. The summed E-state index contributed by atoms with van der Waals surface area (Å²) < 4.78 is 0. The fraction of sp³-hybridized carbons (Fsp3) is 0.235. The van der Waals surface area contributed by atoms with E-state index in [1.807, 2.05) is 24.3 Å². The highest BCUT2D eigenvalue weighted by atomic mass is 15.4. The summed E-state index contributed by atoms with van der Waals surface area (Å²) in [5.41, 5.74) is 3.52. The minimum Gasteiger partial charge on any atom is -0.293 e. The van der Waals surface area contributed by atoms with Crippen LogP contribution in [0.15, 0.2) is 65.8 Å². The monoisotopic (exact) mass is 252 g/mol. The van der Waals surface area contributed by atoms with E-state index in [4.69, 9.17) is 5.10 Å². The van der Waals surface area contributed by atoms with Crippen molar-refractivity contribution in [2.75, 3.05) is 6.54 Å². The first-order valence-corrected chi connectivity index (χ1v) is 6.69. The van der Waals surface area contributed by atoms with Gasteiger partial charge < -0.3 is 0 Å². The molecule has 19 heavy (non-hydrogen) atoms. The van der Waals surface area contributed by atoms with Crippen molar-refractivity contribution in [3.8, 4) is 0 Å². The summed E-state index contributed by atoms with van der Waals surface area (Å²) in [6.45, 7) is 5.94. The first-order chi connectivity index (χ1) is 9.29. The van der Waals surface area contributed by atoms with Gasteiger partial charge in [-0.15, -0.1) is 0 Å². The number of hydrogen-bond acceptors (Lipinski definition) is 2. The Hall–Kier alpha value is -2.09. The van der Waals surface area contributed by atoms with Crippen LogP contribution >= 0.6 is 0 Å². The largest absolute Gasteiger partial charge is 0.293 e. The average Bonchev–Trinajstić information content (AvgIpc) is 2.48. The summed E-state index contributed by atoms with van der Waals surface area (Å²) in [6.07, 6.45) is 0. The van der Waals surface area contributed by atoms with Crippen LogP contribution in [0.4, 0.5) is 0 Å². The molecule has 98 valence electrons. The molecule has 0 atom stereocenters. The molecule has 2 heteroatoms. The Kier molecular flexibility index (Phi) is 4.73. The third kappa shape index (κ3) is 3.95. The quantitative estimate of drug-likeness (QED) is 0.581. The second-order valence-corrected chi connectivity index (χ2v) is 4.52. The van der Waals surface area contributed by atoms with Crippen molar-refractivity contribution in [2.45, 2.75) is 20.4 Å². The molecule has 2 aromatic rings. The Morgan fingerprint density at radius 1 is 0.947 bits per heavy atom. The smallest absolute Gasteiger partial charge is 0.0646 e. The number of rotatable bonds is 5. The van der Waals surface area contributed by atoms with Gasteiger partial charge in [0.25, 0.3) is 0 Å². The number of nitrogens with zero attached hydrogens (tertiary/aromatic N) is 2. The summed E-state index contributed by atoms with van der Waals surface area (Å²) in [5, 5.41) is 6.81. The third-order valence-electron chi connectivity index (χ3n) is 3.06. The van der Waals surface area contributed by atoms with Crippen LogP contribution in [0.5, 0.6) is 0 Å². The lowest BCUT2D eigenvalue weighted by Crippen LogP contribution is -2.18. The Bertz CT molecular complexity index is 517. The van der Waals surface area contributed by atoms with Crippen LogP contribution in [0, 0.1) is 0 Å². The van der Waals surface area contributed by atoms with Crippen LogP contribution < -0.4 is 0 Å². The van der Waals surface area contributed by atoms with Gasteiger partial charge in [0, 0.05) is 6.54 Å². The van der Waals surface area contributed by atoms with E-state index in [0.717, 1.165) is 18.8 Å². The summed E-state index contributed by atoms with van der Waals surface area (Å²) in [7, 11) is 0. The van der Waals surface area contributed by atoms with Crippen molar-refractivity contribution in [3.05, 3.63) is 71.8 Å². The molecule has 0 aliphatic carbocycles. The molecule has 0 radical (unpaired) electrons. The molecule has 0 heterocycles. The first-order valence-electron chi connectivity index (χ1n) is 6.69. The fourth-order valence-corrected chi connectivity index (χ4v) is 1.96. The molecule has 0 N–H and O–H groups in total. The lowest BCUT2D eigenvalue weighted by molar-refractivity contribution is 0.296. The van der Waals surface area contributed by atoms with Crippen LogP contribution in [0.3, 0.4) is 0 Å². The van der Waals surface area contributed by atoms with E-state index in [2.05, 4.69) is 55.3 Å². The highest BCUT2D eigenvalue weighted by molar-refractivity contribution is 5.98. The van der Waals surface area contributed by atoms with E-state index in [-0.39, 0.29) is 0 Å². The van der Waals surface area contributed by atoms with Crippen molar-refractivity contribution in [3.63, 3.8) is 0 Å². The molecule has 0 unspecified atom stereocenters. The van der Waals surface area contributed by atoms with E-state index in [1.165, 1.54) is 11.1 Å². The molecule has 0 aromatic heterocycles. The van der Waals surface area contributed by atoms with Crippen LogP contribution in [-0.2, 0) is 6.54 Å². The summed E-state index contributed by atoms with van der Waals surface area (Å²) in [5.74, 6) is 0. The molecule has 0 saturated carbocycles. The Morgan fingerprint density at radius 2 is 1.53 bits per heavy atom. The summed E-state index contributed by atoms with van der Waals surface area (Å²) in [4.78, 5) is 0. The Morgan fingerprint density at radius 3 is 2.11 bits per heavy atom. The molecule has 2 nitrogen and oxygen atoms in total. The third-order valence-corrected chi connectivity index (χ3v) is 3.06. The molecule has 2 aromatic carbocycles.